The van der Waals surface area contributed by atoms with Crippen LogP contribution >= 0.6 is 0 Å². The molecule has 0 spiro atoms. The molecule has 1 aliphatic heterocycles. The second-order valence-electron chi connectivity index (χ2n) is 15.9. The van der Waals surface area contributed by atoms with Crippen molar-refractivity contribution >= 4 is 16.7 Å². The summed E-state index contributed by atoms with van der Waals surface area (Å²) in [7, 11) is 0. The number of nitrogens with zero attached hydrogens (tertiary/aromatic N) is 2. The SMILES string of the molecule is CCc1oc2ccccc2c1-c1cn2c(n1)C(Nc1c(C(C)C)cccc1C(C)C)c1c(C(C)C)cc(C(C)C)cc1C(C)C2c1ccccc1. The largest absolute Gasteiger partial charge is 0.460 e. The summed E-state index contributed by atoms with van der Waals surface area (Å²) in [6.45, 7) is 23.2. The number of para-hydroxylation sites is 2. The van der Waals surface area contributed by atoms with Crippen LogP contribution in [0.4, 0.5) is 5.69 Å². The number of imidazole rings is 1. The average Bonchev–Trinajstić information content (AvgIpc) is 3.69. The molecule has 0 bridgehead atoms. The molecule has 3 atom stereocenters. The van der Waals surface area contributed by atoms with Crippen LogP contribution in [0.15, 0.2) is 95.5 Å². The van der Waals surface area contributed by atoms with Crippen LogP contribution in [0.1, 0.15) is 161 Å². The van der Waals surface area contributed by atoms with Crippen molar-refractivity contribution in [3.8, 4) is 11.3 Å². The van der Waals surface area contributed by atoms with Gasteiger partial charge in [-0.25, -0.2) is 4.98 Å². The first-order chi connectivity index (χ1) is 24.5. The van der Waals surface area contributed by atoms with Crippen molar-refractivity contribution in [3.63, 3.8) is 0 Å². The van der Waals surface area contributed by atoms with Crippen molar-refractivity contribution in [1.82, 2.24) is 9.55 Å². The number of hydrogen-bond donors (Lipinski definition) is 1. The summed E-state index contributed by atoms with van der Waals surface area (Å²) in [6.07, 6.45) is 3.13. The monoisotopic (exact) mass is 677 g/mol. The van der Waals surface area contributed by atoms with Crippen molar-refractivity contribution < 1.29 is 4.42 Å². The number of anilines is 1. The topological polar surface area (TPSA) is 43.0 Å². The van der Waals surface area contributed by atoms with Crippen molar-refractivity contribution in [2.45, 2.75) is 117 Å². The third-order valence-electron chi connectivity index (χ3n) is 11.2. The Morgan fingerprint density at radius 2 is 1.39 bits per heavy atom. The summed E-state index contributed by atoms with van der Waals surface area (Å²) in [4.78, 5) is 5.75. The van der Waals surface area contributed by atoms with E-state index in [0.717, 1.165) is 40.2 Å². The van der Waals surface area contributed by atoms with Gasteiger partial charge in [-0.3, -0.25) is 0 Å². The number of rotatable bonds is 9. The molecule has 3 heterocycles. The molecule has 1 N–H and O–H groups in total. The fourth-order valence-corrected chi connectivity index (χ4v) is 8.47. The Kier molecular flexibility index (Phi) is 9.48. The van der Waals surface area contributed by atoms with Gasteiger partial charge in [0, 0.05) is 29.6 Å². The molecule has 51 heavy (non-hydrogen) atoms. The molecule has 0 amide bonds. The molecule has 4 heteroatoms. The Morgan fingerprint density at radius 3 is 2.02 bits per heavy atom. The Balaban J connectivity index is 1.60. The summed E-state index contributed by atoms with van der Waals surface area (Å²) in [5.41, 5.74) is 13.8. The van der Waals surface area contributed by atoms with E-state index in [1.807, 2.05) is 0 Å². The van der Waals surface area contributed by atoms with Gasteiger partial charge >= 0.3 is 0 Å². The number of hydrogen-bond acceptors (Lipinski definition) is 3. The van der Waals surface area contributed by atoms with E-state index in [9.17, 15) is 0 Å². The predicted molar refractivity (Wildman–Crippen MR) is 215 cm³/mol. The van der Waals surface area contributed by atoms with E-state index in [2.05, 4.69) is 170 Å². The van der Waals surface area contributed by atoms with Crippen molar-refractivity contribution in [1.29, 1.82) is 0 Å². The van der Waals surface area contributed by atoms with Gasteiger partial charge in [0.15, 0.2) is 0 Å². The highest BCUT2D eigenvalue weighted by Gasteiger charge is 2.39. The molecule has 4 aromatic carbocycles. The van der Waals surface area contributed by atoms with Crippen LogP contribution in [0.25, 0.3) is 22.2 Å². The fraction of sp³-hybridized carbons (Fsp3) is 0.383. The predicted octanol–water partition coefficient (Wildman–Crippen LogP) is 13.3. The molecule has 4 nitrogen and oxygen atoms in total. The lowest BCUT2D eigenvalue weighted by Crippen LogP contribution is -2.22. The quantitative estimate of drug-likeness (QED) is 0.166. The van der Waals surface area contributed by atoms with Crippen LogP contribution in [0.5, 0.6) is 0 Å². The van der Waals surface area contributed by atoms with Crippen LogP contribution in [-0.4, -0.2) is 9.55 Å². The number of benzene rings is 4. The van der Waals surface area contributed by atoms with Crippen LogP contribution in [-0.2, 0) is 6.42 Å². The Bertz CT molecular complexity index is 2140. The summed E-state index contributed by atoms with van der Waals surface area (Å²) in [5, 5.41) is 5.41. The minimum Gasteiger partial charge on any atom is -0.460 e. The summed E-state index contributed by atoms with van der Waals surface area (Å²) in [6, 6.07) is 31.2. The van der Waals surface area contributed by atoms with Crippen LogP contribution in [0.3, 0.4) is 0 Å². The Morgan fingerprint density at radius 1 is 0.745 bits per heavy atom. The zero-order valence-electron chi connectivity index (χ0n) is 32.2. The Labute approximate surface area is 305 Å². The van der Waals surface area contributed by atoms with E-state index in [4.69, 9.17) is 9.40 Å². The lowest BCUT2D eigenvalue weighted by atomic mass is 9.79. The Hall–Kier alpha value is -4.57. The minimum absolute atomic E-state index is 0.0450. The molecule has 264 valence electrons. The number of furan rings is 1. The zero-order chi connectivity index (χ0) is 36.1. The van der Waals surface area contributed by atoms with Gasteiger partial charge in [-0.1, -0.05) is 148 Å². The molecule has 7 rings (SSSR count). The molecule has 0 saturated carbocycles. The van der Waals surface area contributed by atoms with E-state index in [0.29, 0.717) is 23.7 Å². The highest BCUT2D eigenvalue weighted by Crippen LogP contribution is 2.50. The fourth-order valence-electron chi connectivity index (χ4n) is 8.47. The molecule has 0 aliphatic carbocycles. The highest BCUT2D eigenvalue weighted by atomic mass is 16.3. The van der Waals surface area contributed by atoms with E-state index >= 15 is 0 Å². The molecule has 1 aliphatic rings. The normalized spacial score (nSPS) is 17.4. The third kappa shape index (κ3) is 6.11. The minimum atomic E-state index is -0.177. The van der Waals surface area contributed by atoms with Gasteiger partial charge in [-0.05, 0) is 68.7 Å². The van der Waals surface area contributed by atoms with E-state index in [1.165, 1.54) is 44.6 Å². The van der Waals surface area contributed by atoms with Gasteiger partial charge in [0.25, 0.3) is 0 Å². The van der Waals surface area contributed by atoms with Gasteiger partial charge in [0.2, 0.25) is 0 Å². The second kappa shape index (κ2) is 13.9. The standard InChI is InChI=1S/C47H55N3O/c1-11-40-43(36-20-15-16-23-41(36)51-40)39-26-50-46(32-18-13-12-14-19-32)31(10)38-25-33(27(2)3)24-37(30(8)9)42(38)45(47(50)48-39)49-44-34(28(4)5)21-17-22-35(44)29(6)7/h12-31,45-46,49H,11H2,1-10H3. The van der Waals surface area contributed by atoms with Crippen LogP contribution in [0.2, 0.25) is 0 Å². The molecule has 6 aromatic rings. The molecular formula is C47H55N3O. The molecule has 0 radical (unpaired) electrons. The molecule has 2 aromatic heterocycles. The summed E-state index contributed by atoms with van der Waals surface area (Å²) in [5.74, 6) is 3.69. The van der Waals surface area contributed by atoms with Gasteiger partial charge < -0.3 is 14.3 Å². The first-order valence-corrected chi connectivity index (χ1v) is 19.2. The maximum Gasteiger partial charge on any atom is 0.137 e. The van der Waals surface area contributed by atoms with E-state index in [-0.39, 0.29) is 18.0 Å². The maximum absolute atomic E-state index is 6.48. The smallest absolute Gasteiger partial charge is 0.137 e. The van der Waals surface area contributed by atoms with Crippen LogP contribution < -0.4 is 5.32 Å². The zero-order valence-corrected chi connectivity index (χ0v) is 32.2. The van der Waals surface area contributed by atoms with Crippen molar-refractivity contribution in [2.24, 2.45) is 0 Å². The summed E-state index contributed by atoms with van der Waals surface area (Å²) >= 11 is 0. The van der Waals surface area contributed by atoms with Gasteiger partial charge in [0.1, 0.15) is 23.2 Å². The first-order valence-electron chi connectivity index (χ1n) is 19.2. The van der Waals surface area contributed by atoms with E-state index in [1.54, 1.807) is 0 Å². The molecule has 3 unspecified atom stereocenters. The molecule has 0 saturated heterocycles. The van der Waals surface area contributed by atoms with Crippen molar-refractivity contribution in [2.75, 3.05) is 5.32 Å². The number of aromatic nitrogens is 2. The van der Waals surface area contributed by atoms with Gasteiger partial charge in [-0.15, -0.1) is 0 Å². The lowest BCUT2D eigenvalue weighted by Gasteiger charge is -2.30. The molecular weight excluding hydrogens is 623 g/mol. The summed E-state index contributed by atoms with van der Waals surface area (Å²) < 4.78 is 8.99. The first kappa shape index (κ1) is 34.9. The number of nitrogens with one attached hydrogen (secondary N) is 1. The van der Waals surface area contributed by atoms with Gasteiger partial charge in [0.05, 0.1) is 17.3 Å². The second-order valence-corrected chi connectivity index (χ2v) is 15.9. The van der Waals surface area contributed by atoms with Crippen molar-refractivity contribution in [3.05, 3.63) is 142 Å². The van der Waals surface area contributed by atoms with E-state index < -0.39 is 0 Å². The molecule has 0 fully saturated rings. The highest BCUT2D eigenvalue weighted by molar-refractivity contribution is 5.94. The number of aryl methyl sites for hydroxylation is 1. The number of fused-ring (bicyclic) bond motifs is 3. The lowest BCUT2D eigenvalue weighted by molar-refractivity contribution is 0.493. The maximum atomic E-state index is 6.48. The van der Waals surface area contributed by atoms with Crippen LogP contribution in [0, 0.1) is 0 Å². The van der Waals surface area contributed by atoms with Gasteiger partial charge in [-0.2, -0.15) is 0 Å². The third-order valence-corrected chi connectivity index (χ3v) is 11.2. The average molecular weight is 678 g/mol.